The molecule has 2 aromatic carbocycles. The van der Waals surface area contributed by atoms with Gasteiger partial charge in [-0.3, -0.25) is 14.4 Å². The summed E-state index contributed by atoms with van der Waals surface area (Å²) >= 11 is 7.78. The second-order valence-corrected chi connectivity index (χ2v) is 13.9. The van der Waals surface area contributed by atoms with Crippen molar-refractivity contribution >= 4 is 46.8 Å². The standard InChI is InChI=1S/C33H38ClN3O4S/c1-4-18-35(22-23-10-7-6-8-11-23)29(39)26-27-30(40)37(20-9-21-38)28(33(27)17-16-32(26,3)42-33)31(41)36(19-5-2)25-14-12-24(34)13-15-25/h4-8,10-15,26-28,38H,1-2,9,16-22H2,3H3/t26-,27+,28?,32+,33?/m1/s1. The Bertz CT molecular complexity index is 1350. The molecule has 3 aliphatic rings. The topological polar surface area (TPSA) is 81.2 Å². The van der Waals surface area contributed by atoms with E-state index in [9.17, 15) is 19.5 Å². The Kier molecular flexibility index (Phi) is 8.88. The average molecular weight is 608 g/mol. The van der Waals surface area contributed by atoms with Crippen molar-refractivity contribution in [2.24, 2.45) is 11.8 Å². The normalized spacial score (nSPS) is 27.5. The minimum Gasteiger partial charge on any atom is -0.396 e. The van der Waals surface area contributed by atoms with E-state index < -0.39 is 27.4 Å². The van der Waals surface area contributed by atoms with E-state index in [2.05, 4.69) is 20.1 Å². The number of halogens is 1. The molecular formula is C33H38ClN3O4S. The Morgan fingerprint density at radius 2 is 1.76 bits per heavy atom. The number of anilines is 1. The van der Waals surface area contributed by atoms with Gasteiger partial charge in [0.25, 0.3) is 5.91 Å². The van der Waals surface area contributed by atoms with Gasteiger partial charge in [-0.05, 0) is 56.0 Å². The van der Waals surface area contributed by atoms with Crippen molar-refractivity contribution in [3.05, 3.63) is 90.5 Å². The summed E-state index contributed by atoms with van der Waals surface area (Å²) in [6, 6.07) is 16.1. The van der Waals surface area contributed by atoms with E-state index in [1.807, 2.05) is 30.3 Å². The molecule has 0 aliphatic carbocycles. The molecule has 2 aromatic rings. The Morgan fingerprint density at radius 3 is 2.40 bits per heavy atom. The number of aliphatic hydroxyl groups is 1. The number of benzene rings is 2. The van der Waals surface area contributed by atoms with Gasteiger partial charge in [0, 0.05) is 48.2 Å². The molecule has 1 N–H and O–H groups in total. The fraction of sp³-hybridized carbons (Fsp3) is 0.424. The number of rotatable bonds is 12. The quantitative estimate of drug-likeness (QED) is 0.346. The van der Waals surface area contributed by atoms with E-state index in [0.717, 1.165) is 12.0 Å². The number of hydrogen-bond acceptors (Lipinski definition) is 5. The van der Waals surface area contributed by atoms with Crippen molar-refractivity contribution in [2.75, 3.05) is 31.1 Å². The molecule has 42 heavy (non-hydrogen) atoms. The number of carbonyl (C=O) groups is 3. The molecule has 3 heterocycles. The second-order valence-electron chi connectivity index (χ2n) is 11.5. The largest absolute Gasteiger partial charge is 0.396 e. The first-order valence-corrected chi connectivity index (χ1v) is 15.6. The first kappa shape index (κ1) is 30.4. The Labute approximate surface area is 257 Å². The van der Waals surface area contributed by atoms with Crippen LogP contribution in [0.3, 0.4) is 0 Å². The predicted octanol–water partition coefficient (Wildman–Crippen LogP) is 4.94. The van der Waals surface area contributed by atoms with Gasteiger partial charge < -0.3 is 19.8 Å². The number of aliphatic hydroxyl groups excluding tert-OH is 1. The molecule has 3 saturated heterocycles. The van der Waals surface area contributed by atoms with Crippen LogP contribution in [-0.2, 0) is 20.9 Å². The van der Waals surface area contributed by atoms with Gasteiger partial charge in [-0.1, -0.05) is 54.1 Å². The molecule has 3 amide bonds. The Hall–Kier alpha value is -3.07. The highest BCUT2D eigenvalue weighted by Gasteiger charge is 2.77. The number of nitrogens with zero attached hydrogens (tertiary/aromatic N) is 3. The lowest BCUT2D eigenvalue weighted by Gasteiger charge is -2.38. The van der Waals surface area contributed by atoms with Crippen molar-refractivity contribution < 1.29 is 19.5 Å². The third-order valence-corrected chi connectivity index (χ3v) is 11.2. The molecule has 3 fully saturated rings. The van der Waals surface area contributed by atoms with Crippen LogP contribution >= 0.6 is 23.4 Å². The number of fused-ring (bicyclic) bond motifs is 1. The number of hydrogen-bond donors (Lipinski definition) is 1. The Balaban J connectivity index is 1.54. The van der Waals surface area contributed by atoms with E-state index >= 15 is 0 Å². The van der Waals surface area contributed by atoms with Crippen LogP contribution in [0.4, 0.5) is 5.69 Å². The summed E-state index contributed by atoms with van der Waals surface area (Å²) in [5.74, 6) is -1.68. The summed E-state index contributed by atoms with van der Waals surface area (Å²) in [6.07, 6.45) is 5.11. The van der Waals surface area contributed by atoms with E-state index in [4.69, 9.17) is 11.6 Å². The molecular weight excluding hydrogens is 570 g/mol. The van der Waals surface area contributed by atoms with Crippen molar-refractivity contribution in [3.8, 4) is 0 Å². The molecule has 0 radical (unpaired) electrons. The summed E-state index contributed by atoms with van der Waals surface area (Å²) < 4.78 is -1.24. The third-order valence-electron chi connectivity index (χ3n) is 8.93. The van der Waals surface area contributed by atoms with Crippen LogP contribution in [-0.4, -0.2) is 74.4 Å². The van der Waals surface area contributed by atoms with Crippen molar-refractivity contribution in [2.45, 2.75) is 48.3 Å². The first-order valence-electron chi connectivity index (χ1n) is 14.4. The maximum Gasteiger partial charge on any atom is 0.251 e. The summed E-state index contributed by atoms with van der Waals surface area (Å²) in [5, 5.41) is 10.2. The molecule has 0 aromatic heterocycles. The van der Waals surface area contributed by atoms with Gasteiger partial charge in [0.05, 0.1) is 16.6 Å². The second kappa shape index (κ2) is 12.3. The fourth-order valence-corrected chi connectivity index (χ4v) is 9.64. The van der Waals surface area contributed by atoms with Crippen LogP contribution in [0.5, 0.6) is 0 Å². The third kappa shape index (κ3) is 5.18. The van der Waals surface area contributed by atoms with Gasteiger partial charge in [0.2, 0.25) is 11.8 Å². The fourth-order valence-electron chi connectivity index (χ4n) is 7.17. The smallest absolute Gasteiger partial charge is 0.251 e. The van der Waals surface area contributed by atoms with Gasteiger partial charge in [-0.25, -0.2) is 0 Å². The van der Waals surface area contributed by atoms with Gasteiger partial charge in [-0.2, -0.15) is 0 Å². The van der Waals surface area contributed by atoms with Crippen molar-refractivity contribution in [3.63, 3.8) is 0 Å². The molecule has 2 bridgehead atoms. The maximum atomic E-state index is 14.6. The van der Waals surface area contributed by atoms with Gasteiger partial charge in [-0.15, -0.1) is 24.9 Å². The van der Waals surface area contributed by atoms with Crippen LogP contribution in [0.15, 0.2) is 79.9 Å². The van der Waals surface area contributed by atoms with Gasteiger partial charge in [0.1, 0.15) is 6.04 Å². The lowest BCUT2D eigenvalue weighted by molar-refractivity contribution is -0.145. The molecule has 2 unspecified atom stereocenters. The first-order chi connectivity index (χ1) is 20.2. The summed E-state index contributed by atoms with van der Waals surface area (Å²) in [6.45, 7) is 11.0. The number of amides is 3. The molecule has 222 valence electrons. The van der Waals surface area contributed by atoms with Crippen LogP contribution in [0, 0.1) is 11.8 Å². The molecule has 0 saturated carbocycles. The van der Waals surface area contributed by atoms with E-state index in [1.165, 1.54) is 0 Å². The van der Waals surface area contributed by atoms with Crippen molar-refractivity contribution in [1.29, 1.82) is 0 Å². The highest BCUT2D eigenvalue weighted by Crippen LogP contribution is 2.71. The lowest BCUT2D eigenvalue weighted by Crippen LogP contribution is -2.55. The number of likely N-dealkylation sites (tertiary alicyclic amines) is 1. The molecule has 3 aliphatic heterocycles. The predicted molar refractivity (Wildman–Crippen MR) is 168 cm³/mol. The van der Waals surface area contributed by atoms with E-state index in [-0.39, 0.29) is 37.4 Å². The summed E-state index contributed by atoms with van der Waals surface area (Å²) in [5.41, 5.74) is 1.66. The summed E-state index contributed by atoms with van der Waals surface area (Å²) in [4.78, 5) is 48.5. The zero-order valence-corrected chi connectivity index (χ0v) is 25.5. The number of thioether (sulfide) groups is 1. The maximum absolute atomic E-state index is 14.6. The lowest BCUT2D eigenvalue weighted by atomic mass is 9.66. The molecule has 9 heteroatoms. The summed E-state index contributed by atoms with van der Waals surface area (Å²) in [7, 11) is 0. The SMILES string of the molecule is C=CCN(Cc1ccccc1)C(=O)[C@H]1[C@H]2C(=O)N(CCCO)C(C(=O)N(CC=C)c3ccc(Cl)cc3)C23CC[C@]1(C)S3. The van der Waals surface area contributed by atoms with Gasteiger partial charge >= 0.3 is 0 Å². The van der Waals surface area contributed by atoms with Crippen LogP contribution < -0.4 is 4.90 Å². The van der Waals surface area contributed by atoms with Crippen molar-refractivity contribution in [1.82, 2.24) is 9.80 Å². The molecule has 5 atom stereocenters. The highest BCUT2D eigenvalue weighted by molar-refractivity contribution is 8.02. The zero-order valence-electron chi connectivity index (χ0n) is 24.0. The zero-order chi connectivity index (χ0) is 30.1. The molecule has 5 rings (SSSR count). The monoisotopic (exact) mass is 607 g/mol. The minimum absolute atomic E-state index is 0.0791. The van der Waals surface area contributed by atoms with E-state index in [1.54, 1.807) is 62.9 Å². The van der Waals surface area contributed by atoms with E-state index in [0.29, 0.717) is 36.6 Å². The van der Waals surface area contributed by atoms with Crippen LogP contribution in [0.1, 0.15) is 31.7 Å². The van der Waals surface area contributed by atoms with Crippen LogP contribution in [0.25, 0.3) is 0 Å². The van der Waals surface area contributed by atoms with Gasteiger partial charge in [0.15, 0.2) is 0 Å². The highest BCUT2D eigenvalue weighted by atomic mass is 35.5. The minimum atomic E-state index is -0.774. The average Bonchev–Trinajstić information content (AvgIpc) is 3.55. The Morgan fingerprint density at radius 1 is 1.07 bits per heavy atom. The van der Waals surface area contributed by atoms with Crippen LogP contribution in [0.2, 0.25) is 5.02 Å². The molecule has 1 spiro atoms. The molecule has 7 nitrogen and oxygen atoms in total. The number of carbonyl (C=O) groups excluding carboxylic acids is 3.